The zero-order valence-electron chi connectivity index (χ0n) is 6.51. The number of hydrogen-bond acceptors (Lipinski definition) is 3. The van der Waals surface area contributed by atoms with Gasteiger partial charge in [-0.15, -0.1) is 0 Å². The standard InChI is InChI=1S/C8H13O3/c1-2-7(10)3-4-8(11)5-6-9/h9H,1-6H2. The van der Waals surface area contributed by atoms with Crippen LogP contribution in [0.15, 0.2) is 0 Å². The number of carbonyl (C=O) groups excluding carboxylic acids is 2. The van der Waals surface area contributed by atoms with Gasteiger partial charge in [-0.3, -0.25) is 9.59 Å². The normalized spacial score (nSPS) is 9.64. The van der Waals surface area contributed by atoms with Crippen LogP contribution in [0, 0.1) is 6.92 Å². The summed E-state index contributed by atoms with van der Waals surface area (Å²) in [6, 6.07) is 0. The number of ketones is 2. The Morgan fingerprint density at radius 1 is 1.09 bits per heavy atom. The molecule has 0 rings (SSSR count). The van der Waals surface area contributed by atoms with E-state index in [2.05, 4.69) is 6.92 Å². The van der Waals surface area contributed by atoms with Gasteiger partial charge in [-0.1, -0.05) is 0 Å². The van der Waals surface area contributed by atoms with Gasteiger partial charge in [0.1, 0.15) is 11.6 Å². The minimum atomic E-state index is -0.128. The largest absolute Gasteiger partial charge is 0.396 e. The summed E-state index contributed by atoms with van der Waals surface area (Å²) < 4.78 is 0. The van der Waals surface area contributed by atoms with Crippen LogP contribution in [0.5, 0.6) is 0 Å². The maximum atomic E-state index is 10.7. The van der Waals surface area contributed by atoms with E-state index in [1.54, 1.807) is 0 Å². The fraction of sp³-hybridized carbons (Fsp3) is 0.625. The molecule has 0 amide bonds. The van der Waals surface area contributed by atoms with Gasteiger partial charge >= 0.3 is 0 Å². The van der Waals surface area contributed by atoms with Gasteiger partial charge in [-0.05, 0) is 6.92 Å². The molecule has 0 unspecified atom stereocenters. The molecule has 1 N–H and O–H groups in total. The molecule has 0 heterocycles. The van der Waals surface area contributed by atoms with E-state index in [4.69, 9.17) is 5.11 Å². The van der Waals surface area contributed by atoms with Crippen molar-refractivity contribution >= 4 is 11.6 Å². The Morgan fingerprint density at radius 3 is 2.09 bits per heavy atom. The zero-order valence-corrected chi connectivity index (χ0v) is 6.51. The van der Waals surface area contributed by atoms with Crippen LogP contribution in [0.3, 0.4) is 0 Å². The molecule has 63 valence electrons. The number of hydrogen-bond donors (Lipinski definition) is 1. The molecule has 0 fully saturated rings. The van der Waals surface area contributed by atoms with Gasteiger partial charge in [0, 0.05) is 32.3 Å². The number of Topliss-reactive ketones (excluding diaryl/α,β-unsaturated/α-hetero) is 2. The molecule has 0 bridgehead atoms. The van der Waals surface area contributed by atoms with E-state index in [9.17, 15) is 9.59 Å². The second-order valence-electron chi connectivity index (χ2n) is 2.30. The summed E-state index contributed by atoms with van der Waals surface area (Å²) in [5, 5.41) is 8.34. The third-order valence-electron chi connectivity index (χ3n) is 1.35. The van der Waals surface area contributed by atoms with Gasteiger partial charge in [0.05, 0.1) is 0 Å². The Kier molecular flexibility index (Phi) is 5.65. The Morgan fingerprint density at radius 2 is 1.64 bits per heavy atom. The van der Waals surface area contributed by atoms with Crippen LogP contribution < -0.4 is 0 Å². The molecular formula is C8H13O3. The second kappa shape index (κ2) is 6.04. The van der Waals surface area contributed by atoms with Crippen molar-refractivity contribution < 1.29 is 14.7 Å². The van der Waals surface area contributed by atoms with Gasteiger partial charge < -0.3 is 5.11 Å². The number of aliphatic hydroxyl groups excluding tert-OH is 1. The lowest BCUT2D eigenvalue weighted by molar-refractivity contribution is -0.124. The molecule has 0 aliphatic carbocycles. The van der Waals surface area contributed by atoms with Crippen LogP contribution in [0.1, 0.15) is 25.7 Å². The third kappa shape index (κ3) is 5.73. The van der Waals surface area contributed by atoms with Crippen LogP contribution in [0.25, 0.3) is 0 Å². The number of rotatable bonds is 6. The molecule has 0 atom stereocenters. The molecule has 0 aromatic carbocycles. The van der Waals surface area contributed by atoms with Crippen molar-refractivity contribution in [3.8, 4) is 0 Å². The van der Waals surface area contributed by atoms with Crippen molar-refractivity contribution in [3.05, 3.63) is 6.92 Å². The van der Waals surface area contributed by atoms with E-state index < -0.39 is 0 Å². The quantitative estimate of drug-likeness (QED) is 0.611. The maximum absolute atomic E-state index is 10.7. The first-order valence-electron chi connectivity index (χ1n) is 3.64. The Bertz CT molecular complexity index is 140. The van der Waals surface area contributed by atoms with Crippen LogP contribution in [-0.4, -0.2) is 23.3 Å². The molecule has 0 saturated carbocycles. The third-order valence-corrected chi connectivity index (χ3v) is 1.35. The smallest absolute Gasteiger partial charge is 0.135 e. The monoisotopic (exact) mass is 157 g/mol. The Hall–Kier alpha value is -0.700. The summed E-state index contributed by atoms with van der Waals surface area (Å²) >= 11 is 0. The molecule has 0 aliphatic heterocycles. The summed E-state index contributed by atoms with van der Waals surface area (Å²) in [4.78, 5) is 21.4. The van der Waals surface area contributed by atoms with Gasteiger partial charge in [-0.2, -0.15) is 0 Å². The van der Waals surface area contributed by atoms with Gasteiger partial charge in [0.2, 0.25) is 0 Å². The maximum Gasteiger partial charge on any atom is 0.135 e. The van der Waals surface area contributed by atoms with Gasteiger partial charge in [-0.25, -0.2) is 0 Å². The molecule has 3 nitrogen and oxygen atoms in total. The van der Waals surface area contributed by atoms with Crippen LogP contribution in [0.4, 0.5) is 0 Å². The summed E-state index contributed by atoms with van der Waals surface area (Å²) in [7, 11) is 0. The van der Waals surface area contributed by atoms with Crippen molar-refractivity contribution in [2.24, 2.45) is 0 Å². The zero-order chi connectivity index (χ0) is 8.69. The predicted molar refractivity (Wildman–Crippen MR) is 40.9 cm³/mol. The average Bonchev–Trinajstić information content (AvgIpc) is 2.01. The van der Waals surface area contributed by atoms with E-state index in [0.29, 0.717) is 0 Å². The van der Waals surface area contributed by atoms with Crippen molar-refractivity contribution in [2.75, 3.05) is 6.61 Å². The van der Waals surface area contributed by atoms with Crippen molar-refractivity contribution in [3.63, 3.8) is 0 Å². The first-order valence-corrected chi connectivity index (χ1v) is 3.64. The van der Waals surface area contributed by atoms with E-state index in [1.165, 1.54) is 0 Å². The Labute approximate surface area is 66.4 Å². The second-order valence-corrected chi connectivity index (χ2v) is 2.30. The fourth-order valence-electron chi connectivity index (χ4n) is 0.654. The molecule has 0 aromatic heterocycles. The van der Waals surface area contributed by atoms with Gasteiger partial charge in [0.25, 0.3) is 0 Å². The van der Waals surface area contributed by atoms with Crippen LogP contribution >= 0.6 is 0 Å². The topological polar surface area (TPSA) is 54.4 Å². The highest BCUT2D eigenvalue weighted by Crippen LogP contribution is 1.97. The van der Waals surface area contributed by atoms with E-state index in [0.717, 1.165) is 0 Å². The molecule has 1 radical (unpaired) electrons. The summed E-state index contributed by atoms with van der Waals surface area (Å²) in [6.07, 6.45) is 0.911. The van der Waals surface area contributed by atoms with E-state index in [-0.39, 0.29) is 43.9 Å². The molecule has 3 heteroatoms. The minimum absolute atomic E-state index is 0.00344. The van der Waals surface area contributed by atoms with Crippen molar-refractivity contribution in [1.82, 2.24) is 0 Å². The van der Waals surface area contributed by atoms with E-state index in [1.807, 2.05) is 0 Å². The first kappa shape index (κ1) is 10.3. The van der Waals surface area contributed by atoms with Crippen molar-refractivity contribution in [2.45, 2.75) is 25.7 Å². The molecule has 0 aromatic rings. The molecular weight excluding hydrogens is 144 g/mol. The summed E-state index contributed by atoms with van der Waals surface area (Å²) in [5.74, 6) is -0.0643. The lowest BCUT2D eigenvalue weighted by Crippen LogP contribution is -2.04. The lowest BCUT2D eigenvalue weighted by Gasteiger charge is -1.95. The summed E-state index contributed by atoms with van der Waals surface area (Å²) in [6.45, 7) is 3.27. The first-order chi connectivity index (χ1) is 5.20. The summed E-state index contributed by atoms with van der Waals surface area (Å²) in [5.41, 5.74) is 0. The highest BCUT2D eigenvalue weighted by Gasteiger charge is 2.03. The molecule has 11 heavy (non-hydrogen) atoms. The SMILES string of the molecule is [CH2]CC(=O)CCC(=O)CCO. The minimum Gasteiger partial charge on any atom is -0.396 e. The van der Waals surface area contributed by atoms with Crippen LogP contribution in [0.2, 0.25) is 0 Å². The average molecular weight is 157 g/mol. The predicted octanol–water partition coefficient (Wildman–Crippen LogP) is 0.511. The molecule has 0 saturated heterocycles. The Balaban J connectivity index is 3.38. The van der Waals surface area contributed by atoms with Gasteiger partial charge in [0.15, 0.2) is 0 Å². The highest BCUT2D eigenvalue weighted by molar-refractivity contribution is 5.86. The molecule has 0 spiro atoms. The number of aliphatic hydroxyl groups is 1. The lowest BCUT2D eigenvalue weighted by atomic mass is 10.1. The number of carbonyl (C=O) groups is 2. The molecule has 0 aliphatic rings. The van der Waals surface area contributed by atoms with E-state index >= 15 is 0 Å². The highest BCUT2D eigenvalue weighted by atomic mass is 16.3. The van der Waals surface area contributed by atoms with Crippen molar-refractivity contribution in [1.29, 1.82) is 0 Å². The fourth-order valence-corrected chi connectivity index (χ4v) is 0.654. The van der Waals surface area contributed by atoms with Crippen LogP contribution in [-0.2, 0) is 9.59 Å².